The first-order chi connectivity index (χ1) is 8.20. The first kappa shape index (κ1) is 11.9. The molecule has 17 heavy (non-hydrogen) atoms. The Morgan fingerprint density at radius 1 is 1.29 bits per heavy atom. The zero-order valence-electron chi connectivity index (χ0n) is 9.82. The lowest BCUT2D eigenvalue weighted by molar-refractivity contribution is 0.473. The van der Waals surface area contributed by atoms with Crippen LogP contribution in [0.4, 0.5) is 4.39 Å². The Morgan fingerprint density at radius 2 is 2.12 bits per heavy atom. The summed E-state index contributed by atoms with van der Waals surface area (Å²) in [7, 11) is 0. The first-order valence-electron chi connectivity index (χ1n) is 5.76. The van der Waals surface area contributed by atoms with Crippen molar-refractivity contribution in [1.29, 1.82) is 0 Å². The van der Waals surface area contributed by atoms with E-state index in [0.29, 0.717) is 18.2 Å². The first-order valence-corrected chi connectivity index (χ1v) is 5.76. The monoisotopic (exact) mass is 233 g/mol. The van der Waals surface area contributed by atoms with Crippen LogP contribution in [0, 0.1) is 5.82 Å². The fourth-order valence-corrected chi connectivity index (χ4v) is 1.81. The summed E-state index contributed by atoms with van der Waals surface area (Å²) in [6, 6.07) is 10.2. The van der Waals surface area contributed by atoms with E-state index in [1.54, 1.807) is 6.07 Å². The van der Waals surface area contributed by atoms with Crippen molar-refractivity contribution in [2.24, 2.45) is 5.73 Å². The molecule has 0 aliphatic carbocycles. The van der Waals surface area contributed by atoms with E-state index in [4.69, 9.17) is 10.2 Å². The van der Waals surface area contributed by atoms with Crippen LogP contribution >= 0.6 is 0 Å². The summed E-state index contributed by atoms with van der Waals surface area (Å²) < 4.78 is 18.8. The van der Waals surface area contributed by atoms with Gasteiger partial charge in [-0.05, 0) is 37.2 Å². The molecule has 0 radical (unpaired) electrons. The molecular formula is C14H16FNO. The van der Waals surface area contributed by atoms with Gasteiger partial charge in [-0.25, -0.2) is 4.39 Å². The molecule has 1 unspecified atom stereocenters. The highest BCUT2D eigenvalue weighted by molar-refractivity contribution is 5.57. The van der Waals surface area contributed by atoms with E-state index < -0.39 is 0 Å². The molecule has 90 valence electrons. The summed E-state index contributed by atoms with van der Waals surface area (Å²) in [6.45, 7) is 2.71. The van der Waals surface area contributed by atoms with Crippen LogP contribution in [0.2, 0.25) is 0 Å². The summed E-state index contributed by atoms with van der Waals surface area (Å²) in [4.78, 5) is 0. The molecule has 1 heterocycles. The Balaban J connectivity index is 2.23. The van der Waals surface area contributed by atoms with Crippen LogP contribution in [-0.2, 0) is 0 Å². The molecule has 2 rings (SSSR count). The Labute approximate surface area is 100 Å². The minimum atomic E-state index is -0.254. The van der Waals surface area contributed by atoms with Gasteiger partial charge in [-0.2, -0.15) is 0 Å². The summed E-state index contributed by atoms with van der Waals surface area (Å²) in [6.07, 6.45) is 0.885. The maximum absolute atomic E-state index is 13.1. The van der Waals surface area contributed by atoms with Crippen molar-refractivity contribution in [3.63, 3.8) is 0 Å². The SMILES string of the molecule is CC(CCN)c1ccc(-c2cccc(F)c2)o1. The highest BCUT2D eigenvalue weighted by Gasteiger charge is 2.11. The Morgan fingerprint density at radius 3 is 2.82 bits per heavy atom. The minimum absolute atomic E-state index is 0.254. The van der Waals surface area contributed by atoms with E-state index in [1.165, 1.54) is 12.1 Å². The van der Waals surface area contributed by atoms with Gasteiger partial charge in [0.25, 0.3) is 0 Å². The lowest BCUT2D eigenvalue weighted by atomic mass is 10.1. The molecule has 2 N–H and O–H groups in total. The molecule has 1 aromatic carbocycles. The third-order valence-electron chi connectivity index (χ3n) is 2.82. The van der Waals surface area contributed by atoms with Gasteiger partial charge in [-0.3, -0.25) is 0 Å². The van der Waals surface area contributed by atoms with Gasteiger partial charge in [0.15, 0.2) is 0 Å². The number of benzene rings is 1. The van der Waals surface area contributed by atoms with Crippen LogP contribution in [-0.4, -0.2) is 6.54 Å². The Kier molecular flexibility index (Phi) is 3.59. The molecule has 0 spiro atoms. The third kappa shape index (κ3) is 2.74. The number of hydrogen-bond acceptors (Lipinski definition) is 2. The number of furan rings is 1. The zero-order chi connectivity index (χ0) is 12.3. The van der Waals surface area contributed by atoms with E-state index in [-0.39, 0.29) is 5.82 Å². The number of rotatable bonds is 4. The van der Waals surface area contributed by atoms with E-state index >= 15 is 0 Å². The maximum Gasteiger partial charge on any atom is 0.134 e. The number of halogens is 1. The van der Waals surface area contributed by atoms with Crippen molar-refractivity contribution in [3.8, 4) is 11.3 Å². The molecule has 3 heteroatoms. The van der Waals surface area contributed by atoms with Gasteiger partial charge in [-0.1, -0.05) is 19.1 Å². The molecule has 2 aromatic rings. The van der Waals surface area contributed by atoms with Crippen molar-refractivity contribution in [2.45, 2.75) is 19.3 Å². The highest BCUT2D eigenvalue weighted by atomic mass is 19.1. The van der Waals surface area contributed by atoms with Crippen molar-refractivity contribution in [1.82, 2.24) is 0 Å². The largest absolute Gasteiger partial charge is 0.461 e. The van der Waals surface area contributed by atoms with E-state index in [1.807, 2.05) is 18.2 Å². The molecule has 0 saturated heterocycles. The average Bonchev–Trinajstić information content (AvgIpc) is 2.78. The van der Waals surface area contributed by atoms with Crippen LogP contribution in [0.1, 0.15) is 25.0 Å². The lowest BCUT2D eigenvalue weighted by Crippen LogP contribution is -2.03. The maximum atomic E-state index is 13.1. The molecule has 0 saturated carbocycles. The van der Waals surface area contributed by atoms with Gasteiger partial charge >= 0.3 is 0 Å². The molecule has 1 aromatic heterocycles. The van der Waals surface area contributed by atoms with Gasteiger partial charge in [0, 0.05) is 11.5 Å². The molecule has 0 aliphatic heterocycles. The predicted molar refractivity (Wildman–Crippen MR) is 66.2 cm³/mol. The van der Waals surface area contributed by atoms with Crippen molar-refractivity contribution in [3.05, 3.63) is 48.0 Å². The van der Waals surface area contributed by atoms with Gasteiger partial charge < -0.3 is 10.2 Å². The molecule has 2 nitrogen and oxygen atoms in total. The van der Waals surface area contributed by atoms with Crippen molar-refractivity contribution in [2.75, 3.05) is 6.54 Å². The number of hydrogen-bond donors (Lipinski definition) is 1. The normalized spacial score (nSPS) is 12.6. The predicted octanol–water partition coefficient (Wildman–Crippen LogP) is 3.54. The van der Waals surface area contributed by atoms with Gasteiger partial charge in [0.1, 0.15) is 17.3 Å². The average molecular weight is 233 g/mol. The smallest absolute Gasteiger partial charge is 0.134 e. The standard InChI is InChI=1S/C14H16FNO/c1-10(7-8-16)13-5-6-14(17-13)11-3-2-4-12(15)9-11/h2-6,9-10H,7-8,16H2,1H3. The fraction of sp³-hybridized carbons (Fsp3) is 0.286. The lowest BCUT2D eigenvalue weighted by Gasteiger charge is -2.05. The van der Waals surface area contributed by atoms with Crippen LogP contribution in [0.5, 0.6) is 0 Å². The number of nitrogens with two attached hydrogens (primary N) is 1. The molecular weight excluding hydrogens is 217 g/mol. The topological polar surface area (TPSA) is 39.2 Å². The Bertz CT molecular complexity index is 492. The summed E-state index contributed by atoms with van der Waals surface area (Å²) in [5, 5.41) is 0. The molecule has 0 fully saturated rings. The van der Waals surface area contributed by atoms with Crippen LogP contribution in [0.3, 0.4) is 0 Å². The molecule has 1 atom stereocenters. The second kappa shape index (κ2) is 5.15. The molecule has 0 amide bonds. The third-order valence-corrected chi connectivity index (χ3v) is 2.82. The van der Waals surface area contributed by atoms with Crippen LogP contribution in [0.25, 0.3) is 11.3 Å². The zero-order valence-corrected chi connectivity index (χ0v) is 9.82. The van der Waals surface area contributed by atoms with Gasteiger partial charge in [0.05, 0.1) is 0 Å². The Hall–Kier alpha value is -1.61. The fourth-order valence-electron chi connectivity index (χ4n) is 1.81. The molecule has 0 aliphatic rings. The summed E-state index contributed by atoms with van der Waals surface area (Å²) in [5.41, 5.74) is 6.27. The van der Waals surface area contributed by atoms with E-state index in [9.17, 15) is 4.39 Å². The quantitative estimate of drug-likeness (QED) is 0.877. The van der Waals surface area contributed by atoms with Crippen LogP contribution in [0.15, 0.2) is 40.8 Å². The second-order valence-corrected chi connectivity index (χ2v) is 4.19. The molecule has 0 bridgehead atoms. The van der Waals surface area contributed by atoms with Gasteiger partial charge in [-0.15, -0.1) is 0 Å². The summed E-state index contributed by atoms with van der Waals surface area (Å²) >= 11 is 0. The summed E-state index contributed by atoms with van der Waals surface area (Å²) in [5.74, 6) is 1.64. The van der Waals surface area contributed by atoms with E-state index in [2.05, 4.69) is 6.92 Å². The van der Waals surface area contributed by atoms with Gasteiger partial charge in [0.2, 0.25) is 0 Å². The minimum Gasteiger partial charge on any atom is -0.461 e. The van der Waals surface area contributed by atoms with E-state index in [0.717, 1.165) is 17.7 Å². The van der Waals surface area contributed by atoms with Crippen LogP contribution < -0.4 is 5.73 Å². The highest BCUT2D eigenvalue weighted by Crippen LogP contribution is 2.27. The van der Waals surface area contributed by atoms with Crippen molar-refractivity contribution >= 4 is 0 Å². The second-order valence-electron chi connectivity index (χ2n) is 4.19. The van der Waals surface area contributed by atoms with Crippen molar-refractivity contribution < 1.29 is 8.81 Å².